The zero-order chi connectivity index (χ0) is 11.6. The fourth-order valence-corrected chi connectivity index (χ4v) is 1.99. The standard InChI is InChI=1S/C13H21NOS/c1-3-14-10-6-7-11-15-12-8-4-5-9-13(12)16-2/h4-5,8-9,14H,3,6-7,10-11H2,1-2H3. The van der Waals surface area contributed by atoms with Crippen molar-refractivity contribution in [2.45, 2.75) is 24.7 Å². The molecule has 2 nitrogen and oxygen atoms in total. The molecular formula is C13H21NOS. The van der Waals surface area contributed by atoms with Crippen LogP contribution in [0.4, 0.5) is 0 Å². The molecule has 0 unspecified atom stereocenters. The fourth-order valence-electron chi connectivity index (χ4n) is 1.45. The van der Waals surface area contributed by atoms with Crippen LogP contribution < -0.4 is 10.1 Å². The highest BCUT2D eigenvalue weighted by Crippen LogP contribution is 2.26. The Morgan fingerprint density at radius 2 is 2.06 bits per heavy atom. The van der Waals surface area contributed by atoms with Gasteiger partial charge in [0.2, 0.25) is 0 Å². The molecule has 0 fully saturated rings. The van der Waals surface area contributed by atoms with E-state index in [1.807, 2.05) is 18.2 Å². The Morgan fingerprint density at radius 3 is 2.81 bits per heavy atom. The van der Waals surface area contributed by atoms with E-state index < -0.39 is 0 Å². The van der Waals surface area contributed by atoms with Gasteiger partial charge < -0.3 is 10.1 Å². The van der Waals surface area contributed by atoms with E-state index >= 15 is 0 Å². The first-order valence-corrected chi connectivity index (χ1v) is 7.07. The summed E-state index contributed by atoms with van der Waals surface area (Å²) < 4.78 is 5.76. The number of hydrogen-bond acceptors (Lipinski definition) is 3. The maximum absolute atomic E-state index is 5.76. The Bertz CT molecular complexity index is 291. The molecule has 1 aromatic rings. The molecule has 0 bridgehead atoms. The van der Waals surface area contributed by atoms with Crippen LogP contribution >= 0.6 is 11.8 Å². The van der Waals surface area contributed by atoms with Crippen molar-refractivity contribution >= 4 is 11.8 Å². The van der Waals surface area contributed by atoms with Gasteiger partial charge in [0.15, 0.2) is 0 Å². The summed E-state index contributed by atoms with van der Waals surface area (Å²) in [4.78, 5) is 1.22. The lowest BCUT2D eigenvalue weighted by Gasteiger charge is -2.09. The zero-order valence-electron chi connectivity index (χ0n) is 10.2. The Morgan fingerprint density at radius 1 is 1.25 bits per heavy atom. The van der Waals surface area contributed by atoms with Crippen molar-refractivity contribution < 1.29 is 4.74 Å². The maximum atomic E-state index is 5.76. The topological polar surface area (TPSA) is 21.3 Å². The molecule has 0 heterocycles. The van der Waals surface area contributed by atoms with E-state index in [2.05, 4.69) is 24.6 Å². The third kappa shape index (κ3) is 4.90. The number of unbranched alkanes of at least 4 members (excludes halogenated alkanes) is 1. The third-order valence-corrected chi connectivity index (χ3v) is 3.10. The Hall–Kier alpha value is -0.670. The molecule has 1 N–H and O–H groups in total. The van der Waals surface area contributed by atoms with Gasteiger partial charge in [-0.05, 0) is 44.3 Å². The van der Waals surface area contributed by atoms with Crippen molar-refractivity contribution in [3.63, 3.8) is 0 Å². The van der Waals surface area contributed by atoms with Gasteiger partial charge in [-0.15, -0.1) is 11.8 Å². The van der Waals surface area contributed by atoms with Gasteiger partial charge in [-0.2, -0.15) is 0 Å². The predicted molar refractivity (Wildman–Crippen MR) is 71.5 cm³/mol. The quantitative estimate of drug-likeness (QED) is 0.556. The molecule has 0 amide bonds. The Labute approximate surface area is 103 Å². The summed E-state index contributed by atoms with van der Waals surface area (Å²) in [5, 5.41) is 3.31. The molecule has 1 aromatic carbocycles. The van der Waals surface area contributed by atoms with Crippen LogP contribution in [0.1, 0.15) is 19.8 Å². The molecule has 90 valence electrons. The second-order valence-electron chi connectivity index (χ2n) is 3.56. The minimum atomic E-state index is 0.808. The molecule has 1 rings (SSSR count). The van der Waals surface area contributed by atoms with Gasteiger partial charge in [0, 0.05) is 4.90 Å². The maximum Gasteiger partial charge on any atom is 0.132 e. The van der Waals surface area contributed by atoms with Gasteiger partial charge in [-0.25, -0.2) is 0 Å². The molecule has 0 saturated carbocycles. The van der Waals surface area contributed by atoms with Crippen LogP contribution in [0.25, 0.3) is 0 Å². The molecule has 0 aliphatic carbocycles. The van der Waals surface area contributed by atoms with Gasteiger partial charge in [-0.3, -0.25) is 0 Å². The Balaban J connectivity index is 2.21. The van der Waals surface area contributed by atoms with Gasteiger partial charge >= 0.3 is 0 Å². The minimum Gasteiger partial charge on any atom is -0.492 e. The van der Waals surface area contributed by atoms with Gasteiger partial charge in [-0.1, -0.05) is 19.1 Å². The molecule has 0 spiro atoms. The lowest BCUT2D eigenvalue weighted by molar-refractivity contribution is 0.299. The van der Waals surface area contributed by atoms with Crippen LogP contribution in [0.2, 0.25) is 0 Å². The minimum absolute atomic E-state index is 0.808. The summed E-state index contributed by atoms with van der Waals surface area (Å²) in [6, 6.07) is 8.20. The average molecular weight is 239 g/mol. The number of rotatable bonds is 8. The van der Waals surface area contributed by atoms with Crippen molar-refractivity contribution in [2.24, 2.45) is 0 Å². The molecule has 0 aliphatic rings. The van der Waals surface area contributed by atoms with Crippen LogP contribution in [0.3, 0.4) is 0 Å². The first-order chi connectivity index (χ1) is 7.88. The summed E-state index contributed by atoms with van der Waals surface area (Å²) in [6.45, 7) is 5.08. The van der Waals surface area contributed by atoms with Crippen molar-refractivity contribution in [1.82, 2.24) is 5.32 Å². The molecule has 0 saturated heterocycles. The second-order valence-corrected chi connectivity index (χ2v) is 4.41. The fraction of sp³-hybridized carbons (Fsp3) is 0.538. The number of ether oxygens (including phenoxy) is 1. The third-order valence-electron chi connectivity index (χ3n) is 2.32. The van der Waals surface area contributed by atoms with Crippen molar-refractivity contribution in [3.8, 4) is 5.75 Å². The molecule has 0 aromatic heterocycles. The lowest BCUT2D eigenvalue weighted by atomic mass is 10.3. The Kier molecular flexibility index (Phi) is 7.10. The van der Waals surface area contributed by atoms with E-state index in [4.69, 9.17) is 4.74 Å². The molecule has 0 radical (unpaired) electrons. The van der Waals surface area contributed by atoms with E-state index in [1.54, 1.807) is 11.8 Å². The first-order valence-electron chi connectivity index (χ1n) is 5.85. The molecular weight excluding hydrogens is 218 g/mol. The molecule has 0 aliphatic heterocycles. The van der Waals surface area contributed by atoms with Crippen LogP contribution in [-0.2, 0) is 0 Å². The van der Waals surface area contributed by atoms with E-state index in [1.165, 1.54) is 11.3 Å². The molecule has 16 heavy (non-hydrogen) atoms. The average Bonchev–Trinajstić information content (AvgIpc) is 2.34. The smallest absolute Gasteiger partial charge is 0.132 e. The van der Waals surface area contributed by atoms with Gasteiger partial charge in [0.05, 0.1) is 6.61 Å². The van der Waals surface area contributed by atoms with Gasteiger partial charge in [0.1, 0.15) is 5.75 Å². The summed E-state index contributed by atoms with van der Waals surface area (Å²) >= 11 is 1.73. The molecule has 3 heteroatoms. The normalized spacial score (nSPS) is 10.4. The SMILES string of the molecule is CCNCCCCOc1ccccc1SC. The highest BCUT2D eigenvalue weighted by Gasteiger charge is 2.00. The van der Waals surface area contributed by atoms with Gasteiger partial charge in [0.25, 0.3) is 0 Å². The van der Waals surface area contributed by atoms with E-state index in [0.29, 0.717) is 0 Å². The number of thioether (sulfide) groups is 1. The van der Waals surface area contributed by atoms with Crippen LogP contribution in [-0.4, -0.2) is 26.0 Å². The van der Waals surface area contributed by atoms with E-state index in [-0.39, 0.29) is 0 Å². The number of para-hydroxylation sites is 1. The number of benzene rings is 1. The number of nitrogens with one attached hydrogen (secondary N) is 1. The largest absolute Gasteiger partial charge is 0.492 e. The predicted octanol–water partition coefficient (Wildman–Crippen LogP) is 3.18. The highest BCUT2D eigenvalue weighted by atomic mass is 32.2. The zero-order valence-corrected chi connectivity index (χ0v) is 11.0. The summed E-state index contributed by atoms with van der Waals surface area (Å²) in [6.07, 6.45) is 4.36. The number of hydrogen-bond donors (Lipinski definition) is 1. The van der Waals surface area contributed by atoms with E-state index in [0.717, 1.165) is 31.9 Å². The van der Waals surface area contributed by atoms with E-state index in [9.17, 15) is 0 Å². The highest BCUT2D eigenvalue weighted by molar-refractivity contribution is 7.98. The van der Waals surface area contributed by atoms with Crippen molar-refractivity contribution in [1.29, 1.82) is 0 Å². The second kappa shape index (κ2) is 8.48. The lowest BCUT2D eigenvalue weighted by Crippen LogP contribution is -2.14. The summed E-state index contributed by atoms with van der Waals surface area (Å²) in [7, 11) is 0. The van der Waals surface area contributed by atoms with Crippen LogP contribution in [0.5, 0.6) is 5.75 Å². The first kappa shape index (κ1) is 13.4. The summed E-state index contributed by atoms with van der Waals surface area (Å²) in [5.41, 5.74) is 0. The monoisotopic (exact) mass is 239 g/mol. The van der Waals surface area contributed by atoms with Crippen molar-refractivity contribution in [3.05, 3.63) is 24.3 Å². The van der Waals surface area contributed by atoms with Crippen molar-refractivity contribution in [2.75, 3.05) is 26.0 Å². The van der Waals surface area contributed by atoms with Crippen LogP contribution in [0, 0.1) is 0 Å². The van der Waals surface area contributed by atoms with Crippen LogP contribution in [0.15, 0.2) is 29.2 Å². The molecule has 0 atom stereocenters. The summed E-state index contributed by atoms with van der Waals surface area (Å²) in [5.74, 6) is 1.01.